The Hall–Kier alpha value is -3.83. The Morgan fingerprint density at radius 1 is 0.800 bits per heavy atom. The highest BCUT2D eigenvalue weighted by molar-refractivity contribution is 7.09. The normalized spacial score (nSPS) is 17.0. The van der Waals surface area contributed by atoms with Gasteiger partial charge in [-0.2, -0.15) is 0 Å². The molecule has 20 heteroatoms. The summed E-state index contributed by atoms with van der Waals surface area (Å²) in [6.45, 7) is 23.5. The summed E-state index contributed by atoms with van der Waals surface area (Å²) in [7, 11) is 3.81. The number of thiazole rings is 1. The van der Waals surface area contributed by atoms with E-state index in [9.17, 15) is 24.3 Å². The number of nitrogens with zero attached hydrogens (tertiary/aromatic N) is 3. The number of nitrogens with two attached hydrogens (primary N) is 1. The summed E-state index contributed by atoms with van der Waals surface area (Å²) in [5.74, 6) is -1.36. The lowest BCUT2D eigenvalue weighted by Gasteiger charge is -2.40. The van der Waals surface area contributed by atoms with Gasteiger partial charge in [0.15, 0.2) is 0 Å². The molecule has 6 N–H and O–H groups in total. The molecule has 19 nitrogen and oxygen atoms in total. The van der Waals surface area contributed by atoms with Crippen LogP contribution in [-0.2, 0) is 54.0 Å². The van der Waals surface area contributed by atoms with Gasteiger partial charge in [0.05, 0.1) is 91.2 Å². The van der Waals surface area contributed by atoms with E-state index < -0.39 is 18.1 Å². The lowest BCUT2D eigenvalue weighted by molar-refractivity contribution is -0.143. The molecule has 1 aliphatic carbocycles. The van der Waals surface area contributed by atoms with Crippen LogP contribution in [0.3, 0.4) is 0 Å². The van der Waals surface area contributed by atoms with Gasteiger partial charge in [0, 0.05) is 50.1 Å². The maximum absolute atomic E-state index is 14.8. The quantitative estimate of drug-likeness (QED) is 0.0519. The smallest absolute Gasteiger partial charge is 0.270 e. The van der Waals surface area contributed by atoms with Crippen molar-refractivity contribution in [2.45, 2.75) is 137 Å². The zero-order chi connectivity index (χ0) is 55.1. The number of hydrogen-bond donors (Lipinski definition) is 5. The van der Waals surface area contributed by atoms with E-state index in [1.54, 1.807) is 23.6 Å². The van der Waals surface area contributed by atoms with Crippen molar-refractivity contribution < 1.29 is 57.4 Å². The molecule has 0 aliphatic heterocycles. The summed E-state index contributed by atoms with van der Waals surface area (Å²) in [5.41, 5.74) is 7.20. The Kier molecular flexibility index (Phi) is 32.3. The van der Waals surface area contributed by atoms with Crippen molar-refractivity contribution in [2.75, 3.05) is 120 Å². The second-order valence-electron chi connectivity index (χ2n) is 20.0. The Balaban J connectivity index is 1.59. The number of aromatic nitrogens is 1. The van der Waals surface area contributed by atoms with Crippen LogP contribution in [0.4, 0.5) is 0 Å². The van der Waals surface area contributed by atoms with Crippen molar-refractivity contribution in [3.05, 3.63) is 45.4 Å². The maximum atomic E-state index is 14.8. The van der Waals surface area contributed by atoms with Gasteiger partial charge in [-0.3, -0.25) is 24.1 Å². The van der Waals surface area contributed by atoms with Crippen molar-refractivity contribution in [2.24, 2.45) is 23.5 Å². The fraction of sp³-hybridized carbons (Fsp3) is 0.764. The summed E-state index contributed by atoms with van der Waals surface area (Å²) in [5, 5.41) is 22.1. The predicted octanol–water partition coefficient (Wildman–Crippen LogP) is 5.48. The van der Waals surface area contributed by atoms with Crippen molar-refractivity contribution in [3.8, 4) is 5.75 Å². The monoisotopic (exact) mass is 1080 g/mol. The molecule has 8 atom stereocenters. The first kappa shape index (κ1) is 65.5. The number of aromatic hydroxyl groups is 1. The van der Waals surface area contributed by atoms with Crippen molar-refractivity contribution in [1.29, 1.82) is 0 Å². The number of rotatable bonds is 41. The third-order valence-electron chi connectivity index (χ3n) is 13.5. The van der Waals surface area contributed by atoms with E-state index in [0.29, 0.717) is 123 Å². The molecule has 1 aliphatic rings. The minimum Gasteiger partial charge on any atom is -0.508 e. The summed E-state index contributed by atoms with van der Waals surface area (Å²) >= 11 is 1.35. The van der Waals surface area contributed by atoms with E-state index in [2.05, 4.69) is 50.6 Å². The number of benzene rings is 1. The first-order chi connectivity index (χ1) is 36.1. The van der Waals surface area contributed by atoms with Gasteiger partial charge in [-0.25, -0.2) is 4.98 Å². The molecule has 0 radical (unpaired) electrons. The van der Waals surface area contributed by atoms with Crippen LogP contribution in [0.5, 0.6) is 5.75 Å². The molecule has 0 spiro atoms. The number of ether oxygens (including phenoxy) is 7. The van der Waals surface area contributed by atoms with Gasteiger partial charge in [-0.05, 0) is 80.8 Å². The van der Waals surface area contributed by atoms with Crippen LogP contribution in [0.15, 0.2) is 23.6 Å². The Morgan fingerprint density at radius 3 is 1.92 bits per heavy atom. The molecule has 3 rings (SSSR count). The van der Waals surface area contributed by atoms with Crippen molar-refractivity contribution in [3.63, 3.8) is 0 Å². The van der Waals surface area contributed by atoms with E-state index in [4.69, 9.17) is 43.9 Å². The van der Waals surface area contributed by atoms with Crippen molar-refractivity contribution >= 4 is 35.0 Å². The molecule has 4 amide bonds. The molecule has 2 aromatic rings. The zero-order valence-corrected chi connectivity index (χ0v) is 47.9. The van der Waals surface area contributed by atoms with Crippen LogP contribution in [0.25, 0.3) is 0 Å². The third-order valence-corrected chi connectivity index (χ3v) is 14.5. The molecule has 75 heavy (non-hydrogen) atoms. The number of phenols is 1. The lowest BCUT2D eigenvalue weighted by atomic mass is 9.79. The van der Waals surface area contributed by atoms with Crippen LogP contribution in [-0.4, -0.2) is 187 Å². The predicted molar refractivity (Wildman–Crippen MR) is 292 cm³/mol. The molecule has 1 aromatic carbocycles. The maximum Gasteiger partial charge on any atom is 0.270 e. The Labute approximate surface area is 452 Å². The molecule has 0 saturated heterocycles. The lowest BCUT2D eigenvalue weighted by Crippen LogP contribution is -2.59. The van der Waals surface area contributed by atoms with Gasteiger partial charge in [-0.1, -0.05) is 74.3 Å². The largest absolute Gasteiger partial charge is 0.508 e. The van der Waals surface area contributed by atoms with Gasteiger partial charge in [0.1, 0.15) is 28.6 Å². The highest BCUT2D eigenvalue weighted by Gasteiger charge is 2.39. The number of carbonyl (C=O) groups is 4. The van der Waals surface area contributed by atoms with Crippen LogP contribution in [0, 0.1) is 17.8 Å². The van der Waals surface area contributed by atoms with E-state index in [0.717, 1.165) is 30.4 Å². The van der Waals surface area contributed by atoms with E-state index in [1.165, 1.54) is 11.3 Å². The van der Waals surface area contributed by atoms with E-state index >= 15 is 0 Å². The SMILES string of the molecule is CCCO[C@H](CC(C(C)C)N(CCC)C(=O)[C@@H](NC(=O)[C@@H]([C@@H](C)CC)N(C)C)[C@@H](C)CC)c1nc(C(=O)N[C@H]2Cc3ccc(O)cc3[C@H](C(=O)NCCOCCOCCOCCOCCOCCOCCN)C2)cs1. The molecule has 0 bridgehead atoms. The standard InChI is InChI=1S/C55H95N7O12S/c1-11-19-62(55(67)49(39(7)13-3)60-53(66)50(61(9)10)40(8)14-4)47(38(5)6)36-48(74-20-12-2)54-59-46(37-75-54)52(65)58-42-33-41-15-16-43(63)35-44(41)45(34-42)51(64)57-18-22-69-24-26-71-28-30-73-32-31-72-29-27-70-25-23-68-21-17-56/h15-16,35,37-40,42,45,47-50,63H,11-14,17-34,36,56H2,1-10H3,(H,57,64)(H,58,65)(H,60,66)/t39-,40-,42-,45+,47?,48+,49-,50+/m0/s1. The van der Waals surface area contributed by atoms with Crippen LogP contribution in [0.1, 0.15) is 133 Å². The van der Waals surface area contributed by atoms with E-state index in [1.807, 2.05) is 44.7 Å². The fourth-order valence-corrected chi connectivity index (χ4v) is 10.0. The molecule has 1 heterocycles. The van der Waals surface area contributed by atoms with Crippen molar-refractivity contribution in [1.82, 2.24) is 30.7 Å². The fourth-order valence-electron chi connectivity index (χ4n) is 9.15. The van der Waals surface area contributed by atoms with Gasteiger partial charge < -0.3 is 64.8 Å². The van der Waals surface area contributed by atoms with Gasteiger partial charge in [0.2, 0.25) is 17.7 Å². The average Bonchev–Trinajstić information content (AvgIpc) is 3.89. The Bertz CT molecular complexity index is 1930. The topological polar surface area (TPSA) is 235 Å². The summed E-state index contributed by atoms with van der Waals surface area (Å²) in [6.07, 6.45) is 3.78. The summed E-state index contributed by atoms with van der Waals surface area (Å²) in [6, 6.07) is 3.30. The third kappa shape index (κ3) is 23.0. The Morgan fingerprint density at radius 2 is 1.39 bits per heavy atom. The summed E-state index contributed by atoms with van der Waals surface area (Å²) in [4.78, 5) is 65.2. The minimum atomic E-state index is -0.703. The first-order valence-electron chi connectivity index (χ1n) is 27.5. The number of hydrogen-bond acceptors (Lipinski definition) is 16. The highest BCUT2D eigenvalue weighted by Crippen LogP contribution is 2.35. The molecular weight excluding hydrogens is 983 g/mol. The first-order valence-corrected chi connectivity index (χ1v) is 28.4. The van der Waals surface area contributed by atoms with Gasteiger partial charge >= 0.3 is 0 Å². The number of likely N-dealkylation sites (N-methyl/N-ethyl adjacent to an activating group) is 1. The number of nitrogens with one attached hydrogen (secondary N) is 3. The molecular formula is C55H95N7O12S. The second-order valence-corrected chi connectivity index (χ2v) is 20.9. The van der Waals surface area contributed by atoms with Gasteiger partial charge in [0.25, 0.3) is 5.91 Å². The second kappa shape index (κ2) is 37.1. The van der Waals surface area contributed by atoms with Crippen LogP contribution in [0.2, 0.25) is 0 Å². The van der Waals surface area contributed by atoms with Gasteiger partial charge in [-0.15, -0.1) is 11.3 Å². The molecule has 0 fully saturated rings. The molecule has 1 unspecified atom stereocenters. The molecule has 1 aromatic heterocycles. The molecule has 0 saturated carbocycles. The minimum absolute atomic E-state index is 0.0389. The molecule has 428 valence electrons. The highest BCUT2D eigenvalue weighted by atomic mass is 32.1. The number of amides is 4. The number of fused-ring (bicyclic) bond motifs is 1. The van der Waals surface area contributed by atoms with Crippen LogP contribution < -0.4 is 21.7 Å². The van der Waals surface area contributed by atoms with Crippen LogP contribution >= 0.6 is 11.3 Å². The number of phenolic OH excluding ortho intramolecular Hbond substituents is 1. The van der Waals surface area contributed by atoms with E-state index in [-0.39, 0.29) is 84.1 Å². The zero-order valence-electron chi connectivity index (χ0n) is 47.0. The summed E-state index contributed by atoms with van der Waals surface area (Å²) < 4.78 is 39.5. The average molecular weight is 1080 g/mol. The number of carbonyl (C=O) groups excluding carboxylic acids is 4.